The largest absolute Gasteiger partial charge is 0.358 e. The number of nitrogens with two attached hydrogens (primary N) is 1. The SMILES string of the molecule is CNC(=O)C(N)Cc1ccc(I)cc1.Cl. The molecule has 1 amide bonds. The van der Waals surface area contributed by atoms with Gasteiger partial charge in [-0.05, 0) is 46.7 Å². The van der Waals surface area contributed by atoms with Gasteiger partial charge >= 0.3 is 0 Å². The summed E-state index contributed by atoms with van der Waals surface area (Å²) in [5, 5.41) is 2.53. The summed E-state index contributed by atoms with van der Waals surface area (Å²) < 4.78 is 1.18. The molecule has 15 heavy (non-hydrogen) atoms. The highest BCUT2D eigenvalue weighted by Gasteiger charge is 2.11. The van der Waals surface area contributed by atoms with Gasteiger partial charge < -0.3 is 11.1 Å². The van der Waals surface area contributed by atoms with Crippen LogP contribution < -0.4 is 11.1 Å². The molecular formula is C10H14ClIN2O. The molecule has 0 radical (unpaired) electrons. The maximum Gasteiger partial charge on any atom is 0.237 e. The average Bonchev–Trinajstić information content (AvgIpc) is 2.20. The zero-order valence-corrected chi connectivity index (χ0v) is 11.3. The minimum Gasteiger partial charge on any atom is -0.358 e. The lowest BCUT2D eigenvalue weighted by Crippen LogP contribution is -2.40. The first-order valence-electron chi connectivity index (χ1n) is 4.35. The molecule has 1 rings (SSSR count). The fraction of sp³-hybridized carbons (Fsp3) is 0.300. The number of carbonyl (C=O) groups is 1. The quantitative estimate of drug-likeness (QED) is 0.816. The van der Waals surface area contributed by atoms with E-state index in [0.717, 1.165) is 5.56 Å². The summed E-state index contributed by atoms with van der Waals surface area (Å²) in [6.07, 6.45) is 0.580. The van der Waals surface area contributed by atoms with Crippen molar-refractivity contribution in [1.29, 1.82) is 0 Å². The third kappa shape index (κ3) is 4.81. The first-order chi connectivity index (χ1) is 6.63. The van der Waals surface area contributed by atoms with E-state index in [1.807, 2.05) is 24.3 Å². The van der Waals surface area contributed by atoms with Crippen LogP contribution in [0.25, 0.3) is 0 Å². The summed E-state index contributed by atoms with van der Waals surface area (Å²) in [7, 11) is 1.59. The predicted molar refractivity (Wildman–Crippen MR) is 72.2 cm³/mol. The van der Waals surface area contributed by atoms with Crippen LogP contribution in [0.15, 0.2) is 24.3 Å². The molecule has 0 aromatic heterocycles. The highest BCUT2D eigenvalue weighted by molar-refractivity contribution is 14.1. The van der Waals surface area contributed by atoms with E-state index in [9.17, 15) is 4.79 Å². The van der Waals surface area contributed by atoms with E-state index in [1.165, 1.54) is 3.57 Å². The van der Waals surface area contributed by atoms with Gasteiger partial charge in [-0.15, -0.1) is 12.4 Å². The maximum atomic E-state index is 11.1. The molecule has 0 aliphatic carbocycles. The minimum absolute atomic E-state index is 0. The van der Waals surface area contributed by atoms with E-state index < -0.39 is 6.04 Å². The summed E-state index contributed by atoms with van der Waals surface area (Å²) in [5.74, 6) is -0.122. The second-order valence-electron chi connectivity index (χ2n) is 3.05. The van der Waals surface area contributed by atoms with Crippen LogP contribution in [0.3, 0.4) is 0 Å². The number of carbonyl (C=O) groups excluding carboxylic acids is 1. The van der Waals surface area contributed by atoms with Crippen LogP contribution in [0.4, 0.5) is 0 Å². The molecular weight excluding hydrogens is 326 g/mol. The van der Waals surface area contributed by atoms with Crippen molar-refractivity contribution in [1.82, 2.24) is 5.32 Å². The summed E-state index contributed by atoms with van der Waals surface area (Å²) >= 11 is 2.24. The molecule has 0 saturated carbocycles. The topological polar surface area (TPSA) is 55.1 Å². The van der Waals surface area contributed by atoms with E-state index in [2.05, 4.69) is 27.9 Å². The maximum absolute atomic E-state index is 11.1. The predicted octanol–water partition coefficient (Wildman–Crippen LogP) is 1.33. The molecule has 0 aliphatic rings. The normalized spacial score (nSPS) is 11.4. The summed E-state index contributed by atoms with van der Waals surface area (Å²) in [4.78, 5) is 11.1. The molecule has 1 atom stereocenters. The second kappa shape index (κ2) is 7.03. The average molecular weight is 341 g/mol. The number of hydrogen-bond donors (Lipinski definition) is 2. The monoisotopic (exact) mass is 340 g/mol. The molecule has 0 bridgehead atoms. The fourth-order valence-electron chi connectivity index (χ4n) is 1.15. The van der Waals surface area contributed by atoms with Gasteiger partial charge in [0, 0.05) is 10.6 Å². The van der Waals surface area contributed by atoms with Crippen molar-refractivity contribution in [2.24, 2.45) is 5.73 Å². The van der Waals surface area contributed by atoms with Crippen molar-refractivity contribution in [3.8, 4) is 0 Å². The standard InChI is InChI=1S/C10H13IN2O.ClH/c1-13-10(14)9(12)6-7-2-4-8(11)5-3-7;/h2-5,9H,6,12H2,1H3,(H,13,14);1H. The first-order valence-corrected chi connectivity index (χ1v) is 5.43. The van der Waals surface area contributed by atoms with Crippen molar-refractivity contribution < 1.29 is 4.79 Å². The van der Waals surface area contributed by atoms with Crippen LogP contribution in [-0.4, -0.2) is 19.0 Å². The van der Waals surface area contributed by atoms with E-state index in [-0.39, 0.29) is 18.3 Å². The molecule has 1 unspecified atom stereocenters. The van der Waals surface area contributed by atoms with Gasteiger partial charge in [0.2, 0.25) is 5.91 Å². The molecule has 5 heteroatoms. The Labute approximate surface area is 109 Å². The summed E-state index contributed by atoms with van der Waals surface area (Å²) in [5.41, 5.74) is 6.77. The van der Waals surface area contributed by atoms with E-state index in [4.69, 9.17) is 5.73 Å². The Hall–Kier alpha value is -0.330. The number of rotatable bonds is 3. The lowest BCUT2D eigenvalue weighted by molar-refractivity contribution is -0.121. The van der Waals surface area contributed by atoms with E-state index >= 15 is 0 Å². The van der Waals surface area contributed by atoms with Gasteiger partial charge in [-0.2, -0.15) is 0 Å². The van der Waals surface area contributed by atoms with Gasteiger partial charge in [0.15, 0.2) is 0 Å². The van der Waals surface area contributed by atoms with Crippen LogP contribution in [0, 0.1) is 3.57 Å². The minimum atomic E-state index is -0.458. The summed E-state index contributed by atoms with van der Waals surface area (Å²) in [6.45, 7) is 0. The van der Waals surface area contributed by atoms with Gasteiger partial charge in [-0.3, -0.25) is 4.79 Å². The number of halogens is 2. The Morgan fingerprint density at radius 2 is 2.00 bits per heavy atom. The molecule has 84 valence electrons. The summed E-state index contributed by atoms with van der Waals surface area (Å²) in [6, 6.07) is 7.54. The second-order valence-corrected chi connectivity index (χ2v) is 4.30. The number of likely N-dealkylation sites (N-methyl/N-ethyl adjacent to an activating group) is 1. The lowest BCUT2D eigenvalue weighted by Gasteiger charge is -2.09. The van der Waals surface area contributed by atoms with Gasteiger partial charge in [0.1, 0.15) is 0 Å². The molecule has 0 spiro atoms. The Kier molecular flexibility index (Phi) is 6.87. The lowest BCUT2D eigenvalue weighted by atomic mass is 10.1. The number of nitrogens with one attached hydrogen (secondary N) is 1. The van der Waals surface area contributed by atoms with Crippen LogP contribution in [0.1, 0.15) is 5.56 Å². The highest BCUT2D eigenvalue weighted by Crippen LogP contribution is 2.08. The van der Waals surface area contributed by atoms with Gasteiger partial charge in [-0.25, -0.2) is 0 Å². The van der Waals surface area contributed by atoms with Crippen LogP contribution in [0.2, 0.25) is 0 Å². The van der Waals surface area contributed by atoms with E-state index in [1.54, 1.807) is 7.05 Å². The highest BCUT2D eigenvalue weighted by atomic mass is 127. The van der Waals surface area contributed by atoms with Crippen LogP contribution in [-0.2, 0) is 11.2 Å². The van der Waals surface area contributed by atoms with Crippen LogP contribution in [0.5, 0.6) is 0 Å². The smallest absolute Gasteiger partial charge is 0.237 e. The molecule has 0 heterocycles. The van der Waals surface area contributed by atoms with Gasteiger partial charge in [0.05, 0.1) is 6.04 Å². The number of amides is 1. The molecule has 0 aliphatic heterocycles. The van der Waals surface area contributed by atoms with Crippen molar-refractivity contribution in [3.63, 3.8) is 0 Å². The van der Waals surface area contributed by atoms with Crippen molar-refractivity contribution in [3.05, 3.63) is 33.4 Å². The Morgan fingerprint density at radius 1 is 1.47 bits per heavy atom. The third-order valence-electron chi connectivity index (χ3n) is 1.95. The third-order valence-corrected chi connectivity index (χ3v) is 2.67. The molecule has 0 fully saturated rings. The van der Waals surface area contributed by atoms with Gasteiger partial charge in [0.25, 0.3) is 0 Å². The number of hydrogen-bond acceptors (Lipinski definition) is 2. The fourth-order valence-corrected chi connectivity index (χ4v) is 1.51. The Bertz CT molecular complexity index is 316. The molecule has 1 aromatic carbocycles. The molecule has 3 nitrogen and oxygen atoms in total. The first kappa shape index (κ1) is 14.7. The zero-order chi connectivity index (χ0) is 10.6. The van der Waals surface area contributed by atoms with Crippen molar-refractivity contribution >= 4 is 40.9 Å². The van der Waals surface area contributed by atoms with E-state index in [0.29, 0.717) is 6.42 Å². The number of benzene rings is 1. The Morgan fingerprint density at radius 3 is 2.47 bits per heavy atom. The van der Waals surface area contributed by atoms with Crippen molar-refractivity contribution in [2.75, 3.05) is 7.05 Å². The molecule has 1 aromatic rings. The molecule has 0 saturated heterocycles. The van der Waals surface area contributed by atoms with Crippen LogP contribution >= 0.6 is 35.0 Å². The molecule has 3 N–H and O–H groups in total. The Balaban J connectivity index is 0.00000196. The zero-order valence-electron chi connectivity index (χ0n) is 8.37. The van der Waals surface area contributed by atoms with Gasteiger partial charge in [-0.1, -0.05) is 12.1 Å². The van der Waals surface area contributed by atoms with Crippen molar-refractivity contribution in [2.45, 2.75) is 12.5 Å².